The first-order valence-electron chi connectivity index (χ1n) is 10.7. The highest BCUT2D eigenvalue weighted by Gasteiger charge is 2.68. The van der Waals surface area contributed by atoms with Gasteiger partial charge >= 0.3 is 5.97 Å². The lowest BCUT2D eigenvalue weighted by molar-refractivity contribution is -0.167. The summed E-state index contributed by atoms with van der Waals surface area (Å²) in [6.07, 6.45) is 3.86. The third kappa shape index (κ3) is 2.78. The first-order chi connectivity index (χ1) is 14.4. The lowest BCUT2D eigenvalue weighted by Gasteiger charge is -2.54. The fraction of sp³-hybridized carbons (Fsp3) is 0.625. The number of ketones is 2. The molecule has 0 spiro atoms. The molecule has 1 N–H and O–H groups in total. The number of hydrogen-bond donors (Lipinski definition) is 1. The van der Waals surface area contributed by atoms with E-state index in [1.807, 2.05) is 13.0 Å². The molecular formula is C24H28F2O5. The van der Waals surface area contributed by atoms with E-state index in [9.17, 15) is 23.9 Å². The quantitative estimate of drug-likeness (QED) is 0.543. The van der Waals surface area contributed by atoms with Crippen LogP contribution in [0, 0.1) is 28.6 Å². The Balaban J connectivity index is 1.77. The van der Waals surface area contributed by atoms with E-state index in [1.54, 1.807) is 19.9 Å². The number of Topliss-reactive ketones (excluding diaryl/α,β-unsaturated/α-hetero) is 1. The van der Waals surface area contributed by atoms with Gasteiger partial charge in [0.15, 0.2) is 12.4 Å². The van der Waals surface area contributed by atoms with Gasteiger partial charge in [0.25, 0.3) is 0 Å². The van der Waals surface area contributed by atoms with Crippen molar-refractivity contribution in [1.29, 1.82) is 0 Å². The van der Waals surface area contributed by atoms with Gasteiger partial charge in [-0.3, -0.25) is 14.4 Å². The van der Waals surface area contributed by atoms with Gasteiger partial charge in [-0.05, 0) is 50.0 Å². The molecule has 0 bridgehead atoms. The van der Waals surface area contributed by atoms with E-state index < -0.39 is 58.5 Å². The number of alkyl halides is 1. The van der Waals surface area contributed by atoms with Crippen LogP contribution >= 0.6 is 0 Å². The molecule has 4 rings (SSSR count). The van der Waals surface area contributed by atoms with Gasteiger partial charge in [-0.1, -0.05) is 31.6 Å². The predicted molar refractivity (Wildman–Crippen MR) is 108 cm³/mol. The van der Waals surface area contributed by atoms with Crippen LogP contribution in [-0.2, 0) is 19.1 Å². The zero-order valence-electron chi connectivity index (χ0n) is 18.2. The SMILES string of the molecule is CC(=O)OCC(=O)[C@@]1(O)[C@H](C)C[C@H]2[C@@H]3C[C@H](F)C4=C(F)C(=O)C=C[C@]4(C)C3=CC[C@@]21C. The van der Waals surface area contributed by atoms with Crippen LogP contribution in [-0.4, -0.2) is 41.0 Å². The molecule has 7 heteroatoms. The highest BCUT2D eigenvalue weighted by Crippen LogP contribution is 2.67. The Hall–Kier alpha value is -2.15. The number of rotatable bonds is 3. The van der Waals surface area contributed by atoms with Gasteiger partial charge in [0.2, 0.25) is 11.6 Å². The lowest BCUT2D eigenvalue weighted by Crippen LogP contribution is -2.58. The molecule has 5 nitrogen and oxygen atoms in total. The number of aliphatic hydroxyl groups is 1. The molecule has 0 aromatic rings. The van der Waals surface area contributed by atoms with Gasteiger partial charge in [-0.15, -0.1) is 0 Å². The molecule has 31 heavy (non-hydrogen) atoms. The Labute approximate surface area is 180 Å². The minimum Gasteiger partial charge on any atom is -0.458 e. The number of carbonyl (C=O) groups excluding carboxylic acids is 3. The van der Waals surface area contributed by atoms with Crippen LogP contribution in [0.2, 0.25) is 0 Å². The second-order valence-corrected chi connectivity index (χ2v) is 9.93. The Morgan fingerprint density at radius 3 is 2.61 bits per heavy atom. The van der Waals surface area contributed by atoms with E-state index in [0.717, 1.165) is 5.57 Å². The van der Waals surface area contributed by atoms with Crippen LogP contribution in [0.3, 0.4) is 0 Å². The maximum Gasteiger partial charge on any atom is 0.303 e. The van der Waals surface area contributed by atoms with E-state index in [4.69, 9.17) is 4.74 Å². The van der Waals surface area contributed by atoms with Crippen LogP contribution in [0.5, 0.6) is 0 Å². The maximum atomic E-state index is 15.3. The molecule has 0 amide bonds. The first kappa shape index (κ1) is 22.1. The summed E-state index contributed by atoms with van der Waals surface area (Å²) in [6, 6.07) is 0. The van der Waals surface area contributed by atoms with Crippen LogP contribution in [0.25, 0.3) is 0 Å². The fourth-order valence-electron chi connectivity index (χ4n) is 6.84. The standard InChI is InChI=1S/C24H28F2O5/c1-12-9-16-14-10-17(25)20-21(26)18(28)6-7-22(20,3)15(14)5-8-23(16,4)24(12,30)19(29)11-31-13(2)27/h5-7,12,14,16-17,30H,8-11H2,1-4H3/t12-,14-,16+,17+,22-,23+,24+/m1/s1. The van der Waals surface area contributed by atoms with Crippen molar-refractivity contribution in [3.63, 3.8) is 0 Å². The summed E-state index contributed by atoms with van der Waals surface area (Å²) >= 11 is 0. The van der Waals surface area contributed by atoms with Crippen molar-refractivity contribution in [2.75, 3.05) is 6.61 Å². The molecule has 7 atom stereocenters. The zero-order valence-corrected chi connectivity index (χ0v) is 18.2. The number of ether oxygens (including phenoxy) is 1. The van der Waals surface area contributed by atoms with Crippen molar-refractivity contribution in [2.45, 2.75) is 58.7 Å². The number of hydrogen-bond acceptors (Lipinski definition) is 5. The lowest BCUT2D eigenvalue weighted by atomic mass is 9.51. The molecule has 4 aliphatic carbocycles. The molecule has 0 radical (unpaired) electrons. The Kier molecular flexibility index (Phi) is 4.93. The smallest absolute Gasteiger partial charge is 0.303 e. The highest BCUT2D eigenvalue weighted by atomic mass is 19.1. The van der Waals surface area contributed by atoms with Gasteiger partial charge in [0.05, 0.1) is 0 Å². The highest BCUT2D eigenvalue weighted by molar-refractivity contribution is 6.04. The zero-order chi connectivity index (χ0) is 22.9. The molecular weight excluding hydrogens is 406 g/mol. The molecule has 2 fully saturated rings. The van der Waals surface area contributed by atoms with Crippen molar-refractivity contribution in [1.82, 2.24) is 0 Å². The van der Waals surface area contributed by atoms with Crippen molar-refractivity contribution >= 4 is 17.5 Å². The minimum atomic E-state index is -1.72. The number of allylic oxidation sites excluding steroid dienone is 6. The van der Waals surface area contributed by atoms with Gasteiger partial charge in [0.1, 0.15) is 11.8 Å². The Morgan fingerprint density at radius 2 is 1.97 bits per heavy atom. The largest absolute Gasteiger partial charge is 0.458 e. The second kappa shape index (κ2) is 6.92. The van der Waals surface area contributed by atoms with Crippen molar-refractivity contribution in [2.24, 2.45) is 28.6 Å². The number of esters is 1. The van der Waals surface area contributed by atoms with Gasteiger partial charge in [-0.2, -0.15) is 0 Å². The average molecular weight is 434 g/mol. The summed E-state index contributed by atoms with van der Waals surface area (Å²) in [5.41, 5.74) is -2.89. The second-order valence-electron chi connectivity index (χ2n) is 9.93. The molecule has 0 unspecified atom stereocenters. The molecule has 0 heterocycles. The normalized spacial score (nSPS) is 43.7. The summed E-state index contributed by atoms with van der Waals surface area (Å²) in [5, 5.41) is 11.6. The van der Waals surface area contributed by atoms with E-state index in [-0.39, 0.29) is 23.8 Å². The fourth-order valence-corrected chi connectivity index (χ4v) is 6.84. The minimum absolute atomic E-state index is 0.00644. The van der Waals surface area contributed by atoms with E-state index in [0.29, 0.717) is 12.8 Å². The van der Waals surface area contributed by atoms with Gasteiger partial charge < -0.3 is 9.84 Å². The first-order valence-corrected chi connectivity index (χ1v) is 10.7. The molecule has 0 aromatic carbocycles. The summed E-state index contributed by atoms with van der Waals surface area (Å²) < 4.78 is 34.8. The molecule has 2 saturated carbocycles. The summed E-state index contributed by atoms with van der Waals surface area (Å²) in [5.74, 6) is -3.90. The molecule has 4 aliphatic rings. The number of halogens is 2. The Morgan fingerprint density at radius 1 is 1.29 bits per heavy atom. The summed E-state index contributed by atoms with van der Waals surface area (Å²) in [7, 11) is 0. The monoisotopic (exact) mass is 434 g/mol. The predicted octanol–water partition coefficient (Wildman–Crippen LogP) is 3.57. The third-order valence-corrected chi connectivity index (χ3v) is 8.43. The van der Waals surface area contributed by atoms with Gasteiger partial charge in [0, 0.05) is 23.3 Å². The molecule has 0 aromatic heterocycles. The van der Waals surface area contributed by atoms with Crippen LogP contribution in [0.1, 0.15) is 47.0 Å². The maximum absolute atomic E-state index is 15.3. The third-order valence-electron chi connectivity index (χ3n) is 8.43. The topological polar surface area (TPSA) is 80.7 Å². The summed E-state index contributed by atoms with van der Waals surface area (Å²) in [6.45, 7) is 6.05. The van der Waals surface area contributed by atoms with Crippen molar-refractivity contribution in [3.05, 3.63) is 35.2 Å². The van der Waals surface area contributed by atoms with Gasteiger partial charge in [-0.25, -0.2) is 8.78 Å². The van der Waals surface area contributed by atoms with E-state index in [1.165, 1.54) is 13.0 Å². The Bertz CT molecular complexity index is 965. The van der Waals surface area contributed by atoms with E-state index >= 15 is 4.39 Å². The number of carbonyl (C=O) groups is 3. The van der Waals surface area contributed by atoms with Crippen LogP contribution in [0.15, 0.2) is 35.2 Å². The molecule has 0 saturated heterocycles. The average Bonchev–Trinajstić information content (AvgIpc) is 2.91. The number of fused-ring (bicyclic) bond motifs is 5. The van der Waals surface area contributed by atoms with Crippen molar-refractivity contribution < 1.29 is 33.0 Å². The van der Waals surface area contributed by atoms with E-state index in [2.05, 4.69) is 0 Å². The molecule has 0 aliphatic heterocycles. The van der Waals surface area contributed by atoms with Crippen LogP contribution < -0.4 is 0 Å². The summed E-state index contributed by atoms with van der Waals surface area (Å²) in [4.78, 5) is 36.0. The molecule has 168 valence electrons. The van der Waals surface area contributed by atoms with Crippen molar-refractivity contribution in [3.8, 4) is 0 Å². The van der Waals surface area contributed by atoms with Crippen LogP contribution in [0.4, 0.5) is 8.78 Å².